The third-order valence-electron chi connectivity index (χ3n) is 12.5. The maximum atomic E-state index is 12.6. The molecular formula is C51H54N6O6Si. The monoisotopic (exact) mass is 874 g/mol. The van der Waals surface area contributed by atoms with Gasteiger partial charge >= 0.3 is 0 Å². The maximum absolute atomic E-state index is 12.6. The van der Waals surface area contributed by atoms with Gasteiger partial charge in [-0.15, -0.1) is 0 Å². The van der Waals surface area contributed by atoms with E-state index in [2.05, 4.69) is 51.0 Å². The molecule has 12 nitrogen and oxygen atoms in total. The number of benzene rings is 5. The van der Waals surface area contributed by atoms with Gasteiger partial charge in [0.05, 0.1) is 27.2 Å². The zero-order chi connectivity index (χ0) is 45.1. The van der Waals surface area contributed by atoms with Crippen LogP contribution in [0.5, 0.6) is 11.5 Å². The van der Waals surface area contributed by atoms with Gasteiger partial charge < -0.3 is 29.1 Å². The molecule has 2 aromatic heterocycles. The zero-order valence-electron chi connectivity index (χ0n) is 37.2. The Balaban J connectivity index is 1.29. The van der Waals surface area contributed by atoms with E-state index in [1.165, 1.54) is 6.33 Å². The standard InChI is InChI=1S/C51H54N6O6Si/c1-50(2,3)64(6,7)63-46-44(53-30-34-16-10-8-11-17-34)42(62-49(46)57-33-56-45-43(54-32-55-48(45)57)40-20-14-15-21-41(40)47(52)58)31-61-51(35-18-12-9-13-19-35,36-22-26-38(59-4)27-23-36)37-24-28-39(60-5)29-25-37/h8-30,32-33,42,44,46,49H,31H2,1-7H3,(H2,52,58)/b53-30-/t42-,44-,46-,49-/m1/s1. The van der Waals surface area contributed by atoms with E-state index in [4.69, 9.17) is 44.1 Å². The second-order valence-corrected chi connectivity index (χ2v) is 22.1. The highest BCUT2D eigenvalue weighted by Crippen LogP contribution is 2.46. The van der Waals surface area contributed by atoms with E-state index in [0.29, 0.717) is 28.0 Å². The summed E-state index contributed by atoms with van der Waals surface area (Å²) in [7, 11) is 0.782. The van der Waals surface area contributed by atoms with Crippen LogP contribution >= 0.6 is 0 Å². The summed E-state index contributed by atoms with van der Waals surface area (Å²) in [4.78, 5) is 32.2. The number of ether oxygens (including phenoxy) is 4. The summed E-state index contributed by atoms with van der Waals surface area (Å²) in [5, 5.41) is -0.157. The van der Waals surface area contributed by atoms with Crippen molar-refractivity contribution in [1.82, 2.24) is 19.5 Å². The second-order valence-electron chi connectivity index (χ2n) is 17.4. The Morgan fingerprint density at radius 3 is 1.95 bits per heavy atom. The Bertz CT molecular complexity index is 2670. The van der Waals surface area contributed by atoms with Crippen LogP contribution in [0.15, 0.2) is 151 Å². The van der Waals surface area contributed by atoms with Gasteiger partial charge in [0.25, 0.3) is 0 Å². The van der Waals surface area contributed by atoms with E-state index in [9.17, 15) is 4.79 Å². The molecule has 7 aromatic rings. The van der Waals surface area contributed by atoms with Gasteiger partial charge in [0, 0.05) is 17.3 Å². The summed E-state index contributed by atoms with van der Waals surface area (Å²) >= 11 is 0. The first-order valence-electron chi connectivity index (χ1n) is 21.3. The Hall–Kier alpha value is -6.51. The summed E-state index contributed by atoms with van der Waals surface area (Å²) in [5.74, 6) is 0.878. The minimum absolute atomic E-state index is 0.0937. The van der Waals surface area contributed by atoms with Gasteiger partial charge in [-0.05, 0) is 70.7 Å². The molecule has 0 unspecified atom stereocenters. The summed E-state index contributed by atoms with van der Waals surface area (Å²) in [5.41, 5.74) is 10.7. The SMILES string of the molecule is COc1ccc(C(OC[C@H]2O[C@@H](n3cnc4c(-c5ccccc5C(N)=O)ncnc43)[C@H](O[Si](C)(C)C(C)(C)C)[C@@H]2/N=C\c2ccccc2)(c2ccccc2)c2ccc(OC)cc2)cc1. The number of rotatable bonds is 15. The Morgan fingerprint density at radius 2 is 1.36 bits per heavy atom. The molecule has 4 atom stereocenters. The average molecular weight is 875 g/mol. The predicted octanol–water partition coefficient (Wildman–Crippen LogP) is 9.39. The number of aliphatic imine (C=N–C) groups is 1. The molecule has 0 aliphatic carbocycles. The summed E-state index contributed by atoms with van der Waals surface area (Å²) in [6.07, 6.45) is 3.04. The molecular weight excluding hydrogens is 821 g/mol. The van der Waals surface area contributed by atoms with Gasteiger partial charge in [0.15, 0.2) is 20.2 Å². The third-order valence-corrected chi connectivity index (χ3v) is 16.9. The molecule has 0 spiro atoms. The highest BCUT2D eigenvalue weighted by molar-refractivity contribution is 6.74. The number of nitrogens with zero attached hydrogens (tertiary/aromatic N) is 5. The molecule has 8 rings (SSSR count). The highest BCUT2D eigenvalue weighted by atomic mass is 28.4. The first-order chi connectivity index (χ1) is 30.8. The van der Waals surface area contributed by atoms with Crippen molar-refractivity contribution in [2.45, 2.75) is 69.0 Å². The predicted molar refractivity (Wildman–Crippen MR) is 251 cm³/mol. The number of hydrogen-bond donors (Lipinski definition) is 1. The van der Waals surface area contributed by atoms with E-state index < -0.39 is 44.3 Å². The van der Waals surface area contributed by atoms with Gasteiger partial charge in [0.1, 0.15) is 52.9 Å². The maximum Gasteiger partial charge on any atom is 0.249 e. The smallest absolute Gasteiger partial charge is 0.249 e. The quantitative estimate of drug-likeness (QED) is 0.0605. The van der Waals surface area contributed by atoms with Gasteiger partial charge in [-0.1, -0.05) is 124 Å². The van der Waals surface area contributed by atoms with E-state index in [1.54, 1.807) is 32.7 Å². The van der Waals surface area contributed by atoms with Crippen LogP contribution in [0.3, 0.4) is 0 Å². The van der Waals surface area contributed by atoms with Crippen molar-refractivity contribution in [3.63, 3.8) is 0 Å². The molecule has 1 saturated heterocycles. The Labute approximate surface area is 375 Å². The van der Waals surface area contributed by atoms with Gasteiger partial charge in [-0.25, -0.2) is 15.0 Å². The van der Waals surface area contributed by atoms with Crippen LogP contribution in [0.1, 0.15) is 59.6 Å². The lowest BCUT2D eigenvalue weighted by Gasteiger charge is -2.40. The molecule has 1 aliphatic rings. The fraction of sp³-hybridized carbons (Fsp3) is 0.275. The molecule has 5 aromatic carbocycles. The van der Waals surface area contributed by atoms with Crippen LogP contribution in [0.4, 0.5) is 0 Å². The minimum Gasteiger partial charge on any atom is -0.497 e. The topological polar surface area (TPSA) is 145 Å². The lowest BCUT2D eigenvalue weighted by molar-refractivity contribution is -0.0850. The normalized spacial score (nSPS) is 18.1. The molecule has 3 heterocycles. The first kappa shape index (κ1) is 44.1. The van der Waals surface area contributed by atoms with Crippen molar-refractivity contribution < 1.29 is 28.2 Å². The van der Waals surface area contributed by atoms with Gasteiger partial charge in [-0.3, -0.25) is 14.4 Å². The molecule has 0 saturated carbocycles. The highest BCUT2D eigenvalue weighted by Gasteiger charge is 2.52. The van der Waals surface area contributed by atoms with E-state index >= 15 is 0 Å². The van der Waals surface area contributed by atoms with Crippen LogP contribution in [0.25, 0.3) is 22.4 Å². The number of methoxy groups -OCH3 is 2. The van der Waals surface area contributed by atoms with Crippen LogP contribution in [-0.4, -0.2) is 79.0 Å². The van der Waals surface area contributed by atoms with Gasteiger partial charge in [-0.2, -0.15) is 0 Å². The van der Waals surface area contributed by atoms with E-state index in [0.717, 1.165) is 33.8 Å². The fourth-order valence-electron chi connectivity index (χ4n) is 8.04. The lowest BCUT2D eigenvalue weighted by atomic mass is 9.80. The summed E-state index contributed by atoms with van der Waals surface area (Å²) < 4.78 is 35.3. The summed E-state index contributed by atoms with van der Waals surface area (Å²) in [6.45, 7) is 11.2. The fourth-order valence-corrected chi connectivity index (χ4v) is 9.33. The molecule has 1 amide bonds. The molecule has 0 radical (unpaired) electrons. The Morgan fingerprint density at radius 1 is 0.781 bits per heavy atom. The summed E-state index contributed by atoms with van der Waals surface area (Å²) in [6, 6.07) is 42.6. The van der Waals surface area contributed by atoms with E-state index in [-0.39, 0.29) is 11.6 Å². The number of fused-ring (bicyclic) bond motifs is 1. The molecule has 328 valence electrons. The van der Waals surface area contributed by atoms with Crippen molar-refractivity contribution >= 4 is 31.6 Å². The largest absolute Gasteiger partial charge is 0.497 e. The molecule has 64 heavy (non-hydrogen) atoms. The number of amides is 1. The van der Waals surface area contributed by atoms with Crippen molar-refractivity contribution in [3.05, 3.63) is 174 Å². The molecule has 0 bridgehead atoms. The van der Waals surface area contributed by atoms with E-state index in [1.807, 2.05) is 120 Å². The number of primary amides is 1. The molecule has 1 fully saturated rings. The number of carbonyl (C=O) groups excluding carboxylic acids is 1. The average Bonchev–Trinajstić information content (AvgIpc) is 3.89. The van der Waals surface area contributed by atoms with Crippen LogP contribution in [-0.2, 0) is 19.5 Å². The van der Waals surface area contributed by atoms with Crippen molar-refractivity contribution in [2.24, 2.45) is 10.7 Å². The van der Waals surface area contributed by atoms with Crippen molar-refractivity contribution in [3.8, 4) is 22.8 Å². The van der Waals surface area contributed by atoms with Crippen molar-refractivity contribution in [1.29, 1.82) is 0 Å². The number of hydrogen-bond acceptors (Lipinski definition) is 10. The zero-order valence-corrected chi connectivity index (χ0v) is 38.2. The van der Waals surface area contributed by atoms with Crippen LogP contribution in [0, 0.1) is 0 Å². The number of aromatic nitrogens is 4. The van der Waals surface area contributed by atoms with Crippen LogP contribution in [0.2, 0.25) is 18.1 Å². The van der Waals surface area contributed by atoms with Crippen LogP contribution < -0.4 is 15.2 Å². The first-order valence-corrected chi connectivity index (χ1v) is 24.2. The number of carbonyl (C=O) groups is 1. The lowest BCUT2D eigenvalue weighted by Crippen LogP contribution is -2.48. The third kappa shape index (κ3) is 8.59. The Kier molecular flexibility index (Phi) is 12.6. The minimum atomic E-state index is -2.53. The number of imidazole rings is 1. The molecule has 1 aliphatic heterocycles. The number of nitrogens with two attached hydrogens (primary N) is 1. The molecule has 2 N–H and O–H groups in total. The van der Waals surface area contributed by atoms with Crippen molar-refractivity contribution in [2.75, 3.05) is 20.8 Å². The molecule has 13 heteroatoms. The van der Waals surface area contributed by atoms with Gasteiger partial charge in [0.2, 0.25) is 5.91 Å². The second kappa shape index (κ2) is 18.3.